The molecule has 1 aliphatic heterocycles. The van der Waals surface area contributed by atoms with Gasteiger partial charge in [0.25, 0.3) is 0 Å². The molecule has 33 heavy (non-hydrogen) atoms. The molecule has 4 aromatic rings. The Morgan fingerprint density at radius 1 is 0.970 bits per heavy atom. The van der Waals surface area contributed by atoms with Gasteiger partial charge in [0.15, 0.2) is 11.5 Å². The molecule has 0 saturated heterocycles. The number of fused-ring (bicyclic) bond motifs is 2. The van der Waals surface area contributed by atoms with Gasteiger partial charge in [-0.05, 0) is 42.3 Å². The summed E-state index contributed by atoms with van der Waals surface area (Å²) < 4.78 is 38.0. The number of nitrogens with two attached hydrogens (primary N) is 1. The fourth-order valence-corrected chi connectivity index (χ4v) is 6.91. The summed E-state index contributed by atoms with van der Waals surface area (Å²) >= 11 is 1.46. The molecule has 0 radical (unpaired) electrons. The van der Waals surface area contributed by atoms with Crippen molar-refractivity contribution in [1.29, 1.82) is 0 Å². The molecule has 0 saturated carbocycles. The summed E-state index contributed by atoms with van der Waals surface area (Å²) in [5, 5.41) is 1.25. The summed E-state index contributed by atoms with van der Waals surface area (Å²) in [7, 11) is -3.72. The van der Waals surface area contributed by atoms with Gasteiger partial charge in [0.05, 0.1) is 9.92 Å². The fraction of sp³-hybridized carbons (Fsp3) is 0.167. The van der Waals surface area contributed by atoms with E-state index in [1.165, 1.54) is 11.8 Å². The summed E-state index contributed by atoms with van der Waals surface area (Å²) in [6.45, 7) is 0.614. The summed E-state index contributed by atoms with van der Waals surface area (Å²) in [5.41, 5.74) is 7.94. The summed E-state index contributed by atoms with van der Waals surface area (Å²) in [5.74, 6) is 1.46. The topological polar surface area (TPSA) is 94.4 Å². The van der Waals surface area contributed by atoms with E-state index in [1.807, 2.05) is 42.5 Å². The molecule has 6 nitrogen and oxygen atoms in total. The van der Waals surface area contributed by atoms with E-state index in [2.05, 4.69) is 4.98 Å². The van der Waals surface area contributed by atoms with Crippen molar-refractivity contribution in [2.24, 2.45) is 5.73 Å². The van der Waals surface area contributed by atoms with Crippen molar-refractivity contribution in [3.8, 4) is 11.5 Å². The normalized spacial score (nSPS) is 13.6. The zero-order chi connectivity index (χ0) is 22.1. The summed E-state index contributed by atoms with van der Waals surface area (Å²) in [6.07, 6.45) is 0.665. The number of aromatic nitrogens is 1. The first-order valence-electron chi connectivity index (χ1n) is 10.2. The first-order valence-corrected chi connectivity index (χ1v) is 12.6. The maximum atomic E-state index is 13.6. The van der Waals surface area contributed by atoms with Crippen LogP contribution in [-0.4, -0.2) is 32.0 Å². The van der Waals surface area contributed by atoms with Gasteiger partial charge in [-0.15, -0.1) is 28.7 Å². The van der Waals surface area contributed by atoms with Crippen LogP contribution in [0.3, 0.4) is 0 Å². The number of para-hydroxylation sites is 1. The van der Waals surface area contributed by atoms with Crippen molar-refractivity contribution in [2.45, 2.75) is 26.5 Å². The van der Waals surface area contributed by atoms with Gasteiger partial charge in [-0.2, -0.15) is 0 Å². The molecular weight excluding hydrogens is 524 g/mol. The minimum Gasteiger partial charge on any atom is -0.454 e. The van der Waals surface area contributed by atoms with Crippen molar-refractivity contribution in [1.82, 2.24) is 4.98 Å². The van der Waals surface area contributed by atoms with Crippen molar-refractivity contribution in [3.05, 3.63) is 78.4 Å². The number of nitrogens with one attached hydrogen (secondary N) is 1. The lowest BCUT2D eigenvalue weighted by atomic mass is 10.1. The number of hydrogen-bond donors (Lipinski definition) is 2. The summed E-state index contributed by atoms with van der Waals surface area (Å²) in [4.78, 5) is 3.89. The monoisotopic (exact) mass is 546 g/mol. The number of aromatic amines is 1. The predicted octanol–water partition coefficient (Wildman–Crippen LogP) is 4.97. The molecule has 0 fully saturated rings. The number of thioether (sulfide) groups is 1. The standard InChI is InChI=1S/C24H22N2O4S2.BrH/c25-14-17(12-16-10-11-21-22(13-16)30-15-29-21)31-24-23(19-8-4-5-9-20(19)26-24)32(27,28)18-6-2-1-3-7-18;/h1-11,13,17,26H,12,14-15,25H2;1H. The molecule has 1 aromatic heterocycles. The number of hydrogen-bond acceptors (Lipinski definition) is 6. The third-order valence-corrected chi connectivity index (χ3v) is 8.61. The van der Waals surface area contributed by atoms with E-state index in [4.69, 9.17) is 15.2 Å². The quantitative estimate of drug-likeness (QED) is 0.318. The molecule has 1 atom stereocenters. The van der Waals surface area contributed by atoms with Gasteiger partial charge in [-0.1, -0.05) is 42.5 Å². The lowest BCUT2D eigenvalue weighted by Gasteiger charge is -2.15. The van der Waals surface area contributed by atoms with E-state index in [9.17, 15) is 8.42 Å². The van der Waals surface area contributed by atoms with Gasteiger partial charge in [0, 0.05) is 22.7 Å². The first kappa shape index (κ1) is 23.7. The largest absolute Gasteiger partial charge is 0.454 e. The van der Waals surface area contributed by atoms with Crippen LogP contribution in [-0.2, 0) is 16.3 Å². The van der Waals surface area contributed by atoms with Gasteiger partial charge in [0.2, 0.25) is 16.6 Å². The number of ether oxygens (including phenoxy) is 2. The van der Waals surface area contributed by atoms with E-state index in [1.54, 1.807) is 30.3 Å². The summed E-state index contributed by atoms with van der Waals surface area (Å²) in [6, 6.07) is 21.8. The van der Waals surface area contributed by atoms with Gasteiger partial charge in [-0.25, -0.2) is 8.42 Å². The van der Waals surface area contributed by atoms with Gasteiger partial charge < -0.3 is 20.2 Å². The van der Waals surface area contributed by atoms with E-state index >= 15 is 0 Å². The van der Waals surface area contributed by atoms with E-state index in [-0.39, 0.29) is 33.9 Å². The molecule has 3 N–H and O–H groups in total. The predicted molar refractivity (Wildman–Crippen MR) is 135 cm³/mol. The van der Waals surface area contributed by atoms with Gasteiger partial charge in [0.1, 0.15) is 4.90 Å². The highest BCUT2D eigenvalue weighted by Crippen LogP contribution is 2.39. The molecule has 2 heterocycles. The van der Waals surface area contributed by atoms with Crippen LogP contribution in [0.25, 0.3) is 10.9 Å². The Hall–Kier alpha value is -2.46. The maximum absolute atomic E-state index is 13.6. The number of benzene rings is 3. The lowest BCUT2D eigenvalue weighted by Crippen LogP contribution is -2.20. The number of rotatable bonds is 7. The van der Waals surface area contributed by atoms with Crippen LogP contribution in [0.4, 0.5) is 0 Å². The van der Waals surface area contributed by atoms with E-state index in [0.29, 0.717) is 28.3 Å². The second kappa shape index (κ2) is 9.80. The Morgan fingerprint density at radius 2 is 1.70 bits per heavy atom. The third-order valence-electron chi connectivity index (χ3n) is 5.40. The average Bonchev–Trinajstić information content (AvgIpc) is 3.43. The average molecular weight is 547 g/mol. The SMILES string of the molecule is Br.NCC(Cc1ccc2c(c1)OCO2)Sc1[nH]c2ccccc2c1S(=O)(=O)c1ccccc1. The molecule has 3 aromatic carbocycles. The highest BCUT2D eigenvalue weighted by Gasteiger charge is 2.28. The zero-order valence-corrected chi connectivity index (χ0v) is 20.9. The number of H-pyrrole nitrogens is 1. The second-order valence-electron chi connectivity index (χ2n) is 7.51. The van der Waals surface area contributed by atoms with Crippen molar-refractivity contribution in [2.75, 3.05) is 13.3 Å². The highest BCUT2D eigenvalue weighted by atomic mass is 79.9. The molecule has 172 valence electrons. The molecule has 0 aliphatic carbocycles. The van der Waals surface area contributed by atoms with Crippen LogP contribution in [0.5, 0.6) is 11.5 Å². The molecule has 1 unspecified atom stereocenters. The zero-order valence-electron chi connectivity index (χ0n) is 17.6. The van der Waals surface area contributed by atoms with Crippen molar-refractivity contribution >= 4 is 49.5 Å². The van der Waals surface area contributed by atoms with Gasteiger partial charge in [-0.3, -0.25) is 0 Å². The Labute approximate surface area is 207 Å². The Balaban J connectivity index is 0.00000259. The van der Waals surface area contributed by atoms with Crippen LogP contribution in [0.2, 0.25) is 0 Å². The molecule has 1 aliphatic rings. The van der Waals surface area contributed by atoms with Crippen molar-refractivity contribution in [3.63, 3.8) is 0 Å². The first-order chi connectivity index (χ1) is 15.6. The van der Waals surface area contributed by atoms with Crippen LogP contribution in [0.15, 0.2) is 87.6 Å². The number of halogens is 1. The molecule has 0 spiro atoms. The molecular formula is C24H23BrN2O4S2. The fourth-order valence-electron chi connectivity index (χ4n) is 3.83. The highest BCUT2D eigenvalue weighted by molar-refractivity contribution is 8.93. The van der Waals surface area contributed by atoms with E-state index < -0.39 is 9.84 Å². The maximum Gasteiger partial charge on any atom is 0.231 e. The smallest absolute Gasteiger partial charge is 0.231 e. The second-order valence-corrected chi connectivity index (χ2v) is 10.7. The van der Waals surface area contributed by atoms with Gasteiger partial charge >= 0.3 is 0 Å². The Bertz CT molecular complexity index is 1370. The van der Waals surface area contributed by atoms with Crippen LogP contribution in [0, 0.1) is 0 Å². The minimum absolute atomic E-state index is 0. The Kier molecular flexibility index (Phi) is 7.04. The molecule has 0 bridgehead atoms. The lowest BCUT2D eigenvalue weighted by molar-refractivity contribution is 0.174. The minimum atomic E-state index is -3.72. The molecule has 9 heteroatoms. The van der Waals surface area contributed by atoms with E-state index in [0.717, 1.165) is 22.6 Å². The molecule has 5 rings (SSSR count). The Morgan fingerprint density at radius 3 is 2.48 bits per heavy atom. The van der Waals surface area contributed by atoms with Crippen LogP contribution >= 0.6 is 28.7 Å². The number of sulfone groups is 1. The van der Waals surface area contributed by atoms with Crippen LogP contribution < -0.4 is 15.2 Å². The van der Waals surface area contributed by atoms with Crippen molar-refractivity contribution < 1.29 is 17.9 Å². The third kappa shape index (κ3) is 4.63. The molecule has 0 amide bonds. The van der Waals surface area contributed by atoms with Crippen LogP contribution in [0.1, 0.15) is 5.56 Å².